The van der Waals surface area contributed by atoms with Gasteiger partial charge >= 0.3 is 5.97 Å². The molecule has 44 heavy (non-hydrogen) atoms. The van der Waals surface area contributed by atoms with E-state index in [4.69, 9.17) is 5.11 Å². The zero-order valence-electron chi connectivity index (χ0n) is 25.6. The summed E-state index contributed by atoms with van der Waals surface area (Å²) in [7, 11) is 0. The number of carboxylic acid groups (broad SMARTS) is 1. The van der Waals surface area contributed by atoms with Gasteiger partial charge in [0.25, 0.3) is 0 Å². The number of aromatic nitrogens is 2. The number of imidazole rings is 1. The summed E-state index contributed by atoms with van der Waals surface area (Å²) in [6, 6.07) is 35.7. The van der Waals surface area contributed by atoms with E-state index in [1.165, 1.54) is 16.7 Å². The number of aryl methyl sites for hydroxylation is 2. The van der Waals surface area contributed by atoms with Crippen LogP contribution in [-0.4, -0.2) is 67.8 Å². The largest absolute Gasteiger partial charge is 0.478 e. The highest BCUT2D eigenvalue weighted by Gasteiger charge is 2.26. The van der Waals surface area contributed by atoms with Crippen molar-refractivity contribution >= 4 is 17.0 Å². The molecule has 0 radical (unpaired) electrons. The molecular weight excluding hydrogens is 548 g/mol. The summed E-state index contributed by atoms with van der Waals surface area (Å²) in [5, 5.41) is 17.5. The van der Waals surface area contributed by atoms with Crippen molar-refractivity contribution in [2.45, 2.75) is 45.5 Å². The highest BCUT2D eigenvalue weighted by Crippen LogP contribution is 2.30. The number of piperazine rings is 1. The van der Waals surface area contributed by atoms with E-state index in [2.05, 4.69) is 98.2 Å². The van der Waals surface area contributed by atoms with Gasteiger partial charge in [0, 0.05) is 45.4 Å². The van der Waals surface area contributed by atoms with Crippen molar-refractivity contribution in [2.24, 2.45) is 0 Å². The molecule has 7 nitrogen and oxygen atoms in total. The van der Waals surface area contributed by atoms with Crippen LogP contribution >= 0.6 is 0 Å². The second-order valence-electron chi connectivity index (χ2n) is 11.6. The molecule has 0 unspecified atom stereocenters. The third kappa shape index (κ3) is 7.99. The van der Waals surface area contributed by atoms with Crippen LogP contribution in [0.2, 0.25) is 0 Å². The molecule has 0 bridgehead atoms. The van der Waals surface area contributed by atoms with E-state index in [9.17, 15) is 9.90 Å². The van der Waals surface area contributed by atoms with E-state index < -0.39 is 5.97 Å². The van der Waals surface area contributed by atoms with Crippen molar-refractivity contribution in [1.29, 1.82) is 0 Å². The van der Waals surface area contributed by atoms with Crippen LogP contribution in [0.5, 0.6) is 0 Å². The standard InChI is InChI=1S/C34H34N4O2.C3H8O/c39-34(40)30-14-8-7-9-27(30)17-18-38-25-35-31-23-26(15-16-32(31)38)24-36-19-21-37(22-20-36)33(28-10-3-1-4-11-28)29-12-5-2-6-13-29;1-3(2)4/h1-16,23,25,33H,17-22,24H2,(H,39,40);3-4H,1-2H3. The Morgan fingerprint density at radius 1 is 0.818 bits per heavy atom. The first-order valence-corrected chi connectivity index (χ1v) is 15.4. The summed E-state index contributed by atoms with van der Waals surface area (Å²) >= 11 is 0. The monoisotopic (exact) mass is 590 g/mol. The fourth-order valence-corrected chi connectivity index (χ4v) is 5.90. The molecule has 5 aromatic rings. The van der Waals surface area contributed by atoms with Crippen molar-refractivity contribution < 1.29 is 15.0 Å². The predicted octanol–water partition coefficient (Wildman–Crippen LogP) is 6.27. The number of nitrogens with zero attached hydrogens (tertiary/aromatic N) is 4. The van der Waals surface area contributed by atoms with Gasteiger partial charge in [-0.05, 0) is 60.7 Å². The lowest BCUT2D eigenvalue weighted by molar-refractivity contribution is 0.0695. The van der Waals surface area contributed by atoms with E-state index >= 15 is 0 Å². The van der Waals surface area contributed by atoms with Crippen LogP contribution in [0, 0.1) is 0 Å². The zero-order valence-corrected chi connectivity index (χ0v) is 25.6. The lowest BCUT2D eigenvalue weighted by Gasteiger charge is -2.39. The molecule has 2 N–H and O–H groups in total. The molecule has 1 aromatic heterocycles. The molecule has 0 amide bonds. The maximum Gasteiger partial charge on any atom is 0.335 e. The second-order valence-corrected chi connectivity index (χ2v) is 11.6. The molecule has 1 aliphatic heterocycles. The number of aliphatic hydroxyl groups is 1. The van der Waals surface area contributed by atoms with Crippen molar-refractivity contribution in [1.82, 2.24) is 19.4 Å². The Hall–Kier alpha value is -4.30. The van der Waals surface area contributed by atoms with Gasteiger partial charge in [0.2, 0.25) is 0 Å². The summed E-state index contributed by atoms with van der Waals surface area (Å²) in [4.78, 5) is 21.4. The molecule has 2 heterocycles. The van der Waals surface area contributed by atoms with Crippen LogP contribution in [0.4, 0.5) is 0 Å². The molecule has 1 fully saturated rings. The minimum absolute atomic E-state index is 0.167. The minimum Gasteiger partial charge on any atom is -0.478 e. The van der Waals surface area contributed by atoms with Gasteiger partial charge in [-0.15, -0.1) is 0 Å². The smallest absolute Gasteiger partial charge is 0.335 e. The quantitative estimate of drug-likeness (QED) is 0.211. The summed E-state index contributed by atoms with van der Waals surface area (Å²) in [5.41, 5.74) is 7.22. The zero-order chi connectivity index (χ0) is 30.9. The van der Waals surface area contributed by atoms with Gasteiger partial charge in [-0.2, -0.15) is 0 Å². The van der Waals surface area contributed by atoms with Gasteiger partial charge in [-0.3, -0.25) is 9.80 Å². The van der Waals surface area contributed by atoms with Crippen molar-refractivity contribution in [3.8, 4) is 0 Å². The van der Waals surface area contributed by atoms with Gasteiger partial charge in [-0.1, -0.05) is 84.9 Å². The molecule has 1 saturated heterocycles. The van der Waals surface area contributed by atoms with Gasteiger partial charge < -0.3 is 14.8 Å². The molecule has 6 rings (SSSR count). The van der Waals surface area contributed by atoms with Crippen LogP contribution < -0.4 is 0 Å². The topological polar surface area (TPSA) is 81.8 Å². The predicted molar refractivity (Wildman–Crippen MR) is 176 cm³/mol. The van der Waals surface area contributed by atoms with Crippen molar-refractivity contribution in [2.75, 3.05) is 26.2 Å². The van der Waals surface area contributed by atoms with E-state index in [0.717, 1.165) is 49.3 Å². The fourth-order valence-electron chi connectivity index (χ4n) is 5.90. The first-order chi connectivity index (χ1) is 21.4. The average molecular weight is 591 g/mol. The van der Waals surface area contributed by atoms with E-state index in [-0.39, 0.29) is 12.1 Å². The highest BCUT2D eigenvalue weighted by molar-refractivity contribution is 5.89. The first kappa shape index (κ1) is 31.1. The summed E-state index contributed by atoms with van der Waals surface area (Å²) in [5.74, 6) is -0.882. The number of carboxylic acids is 1. The average Bonchev–Trinajstić information content (AvgIpc) is 3.44. The Bertz CT molecular complexity index is 1580. The molecule has 4 aromatic carbocycles. The van der Waals surface area contributed by atoms with Crippen LogP contribution in [-0.2, 0) is 19.5 Å². The van der Waals surface area contributed by atoms with Crippen LogP contribution in [0.3, 0.4) is 0 Å². The summed E-state index contributed by atoms with van der Waals surface area (Å²) < 4.78 is 2.11. The number of rotatable bonds is 9. The van der Waals surface area contributed by atoms with E-state index in [0.29, 0.717) is 18.5 Å². The number of fused-ring (bicyclic) bond motifs is 1. The van der Waals surface area contributed by atoms with Gasteiger partial charge in [0.15, 0.2) is 0 Å². The Balaban J connectivity index is 0.000000906. The Morgan fingerprint density at radius 2 is 1.41 bits per heavy atom. The van der Waals surface area contributed by atoms with Crippen LogP contribution in [0.15, 0.2) is 109 Å². The molecule has 228 valence electrons. The van der Waals surface area contributed by atoms with Gasteiger partial charge in [0.1, 0.15) is 0 Å². The molecule has 0 atom stereocenters. The third-order valence-corrected chi connectivity index (χ3v) is 7.96. The van der Waals surface area contributed by atoms with Gasteiger partial charge in [0.05, 0.1) is 29.0 Å². The fraction of sp³-hybridized carbons (Fsp3) is 0.297. The number of benzene rings is 4. The maximum absolute atomic E-state index is 11.6. The van der Waals surface area contributed by atoms with E-state index in [1.807, 2.05) is 18.5 Å². The summed E-state index contributed by atoms with van der Waals surface area (Å²) in [6.07, 6.45) is 2.34. The maximum atomic E-state index is 11.6. The second kappa shape index (κ2) is 14.9. The molecule has 7 heteroatoms. The lowest BCUT2D eigenvalue weighted by atomic mass is 9.96. The Morgan fingerprint density at radius 3 is 2.02 bits per heavy atom. The van der Waals surface area contributed by atoms with Crippen LogP contribution in [0.25, 0.3) is 11.0 Å². The van der Waals surface area contributed by atoms with E-state index in [1.54, 1.807) is 26.0 Å². The number of hydrogen-bond donors (Lipinski definition) is 2. The number of aromatic carboxylic acids is 1. The molecular formula is C37H42N4O3. The molecule has 1 aliphatic rings. The third-order valence-electron chi connectivity index (χ3n) is 7.96. The lowest BCUT2D eigenvalue weighted by Crippen LogP contribution is -2.47. The molecule has 0 spiro atoms. The Kier molecular flexibility index (Phi) is 10.6. The highest BCUT2D eigenvalue weighted by atomic mass is 16.4. The van der Waals surface area contributed by atoms with Crippen molar-refractivity contribution in [3.63, 3.8) is 0 Å². The molecule has 0 aliphatic carbocycles. The Labute approximate surface area is 260 Å². The van der Waals surface area contributed by atoms with Gasteiger partial charge in [-0.25, -0.2) is 9.78 Å². The SMILES string of the molecule is CC(C)O.O=C(O)c1ccccc1CCn1cnc2cc(CN3CCN(C(c4ccccc4)c4ccccc4)CC3)ccc21. The summed E-state index contributed by atoms with van der Waals surface area (Å²) in [6.45, 7) is 9.11. The first-order valence-electron chi connectivity index (χ1n) is 15.4. The number of carbonyl (C=O) groups is 1. The minimum atomic E-state index is -0.882. The molecule has 0 saturated carbocycles. The number of hydrogen-bond acceptors (Lipinski definition) is 5. The normalized spacial score (nSPS) is 14.1. The van der Waals surface area contributed by atoms with Crippen LogP contribution in [0.1, 0.15) is 52.5 Å². The number of aliphatic hydroxyl groups excluding tert-OH is 1. The van der Waals surface area contributed by atoms with Crippen molar-refractivity contribution in [3.05, 3.63) is 137 Å².